The van der Waals surface area contributed by atoms with Gasteiger partial charge in [0.2, 0.25) is 0 Å². The average Bonchev–Trinajstić information content (AvgIpc) is 2.51. The van der Waals surface area contributed by atoms with E-state index in [0.717, 1.165) is 12.1 Å². The molecule has 0 fully saturated rings. The Hall–Kier alpha value is -3.10. The first-order valence-corrected chi connectivity index (χ1v) is 6.68. The number of nitro benzene ring substituents is 1. The molecule has 24 heavy (non-hydrogen) atoms. The maximum absolute atomic E-state index is 12.6. The van der Waals surface area contributed by atoms with Gasteiger partial charge in [-0.25, -0.2) is 0 Å². The van der Waals surface area contributed by atoms with Crippen molar-refractivity contribution in [1.29, 1.82) is 0 Å². The highest BCUT2D eigenvalue weighted by atomic mass is 19.4. The molecule has 0 atom stereocenters. The van der Waals surface area contributed by atoms with Crippen LogP contribution in [0.1, 0.15) is 21.5 Å². The van der Waals surface area contributed by atoms with Gasteiger partial charge in [-0.3, -0.25) is 25.8 Å². The molecule has 0 spiro atoms. The van der Waals surface area contributed by atoms with Crippen molar-refractivity contribution in [3.8, 4) is 0 Å². The third-order valence-electron chi connectivity index (χ3n) is 3.18. The van der Waals surface area contributed by atoms with Crippen LogP contribution in [0.15, 0.2) is 42.5 Å². The van der Waals surface area contributed by atoms with Crippen molar-refractivity contribution in [1.82, 2.24) is 5.43 Å². The lowest BCUT2D eigenvalue weighted by atomic mass is 10.1. The van der Waals surface area contributed by atoms with Gasteiger partial charge in [0.05, 0.1) is 16.2 Å². The number of rotatable bonds is 4. The molecule has 0 heterocycles. The van der Waals surface area contributed by atoms with Gasteiger partial charge in [0, 0.05) is 5.56 Å². The fourth-order valence-corrected chi connectivity index (χ4v) is 2.05. The van der Waals surface area contributed by atoms with Gasteiger partial charge < -0.3 is 0 Å². The summed E-state index contributed by atoms with van der Waals surface area (Å²) in [5.41, 5.74) is 3.33. The first-order chi connectivity index (χ1) is 11.2. The van der Waals surface area contributed by atoms with E-state index in [0.29, 0.717) is 5.56 Å². The fourth-order valence-electron chi connectivity index (χ4n) is 2.05. The SMILES string of the molecule is Cc1cccc(C(=O)NNc2cccc(C(F)(F)F)c2)c1[N+](=O)[O-]. The number of nitrogens with zero attached hydrogens (tertiary/aromatic N) is 1. The van der Waals surface area contributed by atoms with E-state index in [1.807, 2.05) is 0 Å². The van der Waals surface area contributed by atoms with Crippen LogP contribution in [0.5, 0.6) is 0 Å². The van der Waals surface area contributed by atoms with E-state index in [1.54, 1.807) is 0 Å². The van der Waals surface area contributed by atoms with Crippen molar-refractivity contribution in [3.63, 3.8) is 0 Å². The van der Waals surface area contributed by atoms with Crippen LogP contribution in [0.3, 0.4) is 0 Å². The normalized spacial score (nSPS) is 11.0. The molecular weight excluding hydrogens is 327 g/mol. The van der Waals surface area contributed by atoms with E-state index in [2.05, 4.69) is 10.9 Å². The van der Waals surface area contributed by atoms with E-state index in [1.165, 1.54) is 37.3 Å². The number of benzene rings is 2. The number of anilines is 1. The van der Waals surface area contributed by atoms with Gasteiger partial charge in [0.1, 0.15) is 5.56 Å². The van der Waals surface area contributed by atoms with Crippen molar-refractivity contribution in [2.24, 2.45) is 0 Å². The zero-order chi connectivity index (χ0) is 17.9. The molecule has 2 aromatic carbocycles. The summed E-state index contributed by atoms with van der Waals surface area (Å²) in [6.07, 6.45) is -4.52. The number of aryl methyl sites for hydroxylation is 1. The van der Waals surface area contributed by atoms with Gasteiger partial charge in [0.15, 0.2) is 0 Å². The van der Waals surface area contributed by atoms with Gasteiger partial charge >= 0.3 is 6.18 Å². The minimum Gasteiger partial charge on any atom is -0.298 e. The minimum atomic E-state index is -4.52. The van der Waals surface area contributed by atoms with Gasteiger partial charge in [0.25, 0.3) is 11.6 Å². The monoisotopic (exact) mass is 339 g/mol. The van der Waals surface area contributed by atoms with E-state index in [9.17, 15) is 28.1 Å². The van der Waals surface area contributed by atoms with E-state index in [-0.39, 0.29) is 16.9 Å². The Kier molecular flexibility index (Phi) is 4.72. The number of carbonyl (C=O) groups excluding carboxylic acids is 1. The third-order valence-corrected chi connectivity index (χ3v) is 3.18. The molecule has 0 aromatic heterocycles. The van der Waals surface area contributed by atoms with Crippen LogP contribution in [0, 0.1) is 17.0 Å². The zero-order valence-corrected chi connectivity index (χ0v) is 12.3. The molecule has 0 bridgehead atoms. The number of amides is 1. The number of nitrogens with one attached hydrogen (secondary N) is 2. The summed E-state index contributed by atoms with van der Waals surface area (Å²) in [6.45, 7) is 1.48. The number of nitro groups is 1. The van der Waals surface area contributed by atoms with Gasteiger partial charge in [-0.05, 0) is 31.2 Å². The number of hydrogen-bond acceptors (Lipinski definition) is 4. The Balaban J connectivity index is 2.18. The standard InChI is InChI=1S/C15H12F3N3O3/c1-9-4-2-7-12(13(9)21(23)24)14(22)20-19-11-6-3-5-10(8-11)15(16,17)18/h2-8,19H,1H3,(H,20,22). The van der Waals surface area contributed by atoms with E-state index >= 15 is 0 Å². The maximum Gasteiger partial charge on any atom is 0.416 e. The molecule has 2 rings (SSSR count). The van der Waals surface area contributed by atoms with Crippen LogP contribution in [-0.4, -0.2) is 10.8 Å². The van der Waals surface area contributed by atoms with Crippen molar-refractivity contribution >= 4 is 17.3 Å². The molecule has 0 saturated carbocycles. The van der Waals surface area contributed by atoms with Crippen LogP contribution >= 0.6 is 0 Å². The van der Waals surface area contributed by atoms with Crippen molar-refractivity contribution in [2.75, 3.05) is 5.43 Å². The molecule has 2 N–H and O–H groups in total. The second-order valence-electron chi connectivity index (χ2n) is 4.89. The summed E-state index contributed by atoms with van der Waals surface area (Å²) < 4.78 is 37.9. The van der Waals surface area contributed by atoms with Gasteiger partial charge in [-0.1, -0.05) is 18.2 Å². The van der Waals surface area contributed by atoms with Gasteiger partial charge in [-0.2, -0.15) is 13.2 Å². The number of para-hydroxylation sites is 1. The van der Waals surface area contributed by atoms with Crippen LogP contribution in [-0.2, 0) is 6.18 Å². The van der Waals surface area contributed by atoms with Crippen LogP contribution in [0.4, 0.5) is 24.5 Å². The lowest BCUT2D eigenvalue weighted by Crippen LogP contribution is -2.30. The van der Waals surface area contributed by atoms with Crippen LogP contribution in [0.25, 0.3) is 0 Å². The highest BCUT2D eigenvalue weighted by molar-refractivity contribution is 5.99. The lowest BCUT2D eigenvalue weighted by molar-refractivity contribution is -0.385. The van der Waals surface area contributed by atoms with Crippen LogP contribution in [0.2, 0.25) is 0 Å². The Labute approximate surface area is 134 Å². The highest BCUT2D eigenvalue weighted by Gasteiger charge is 2.30. The molecule has 0 aliphatic rings. The molecule has 1 amide bonds. The molecule has 126 valence electrons. The molecule has 0 saturated heterocycles. The smallest absolute Gasteiger partial charge is 0.298 e. The summed E-state index contributed by atoms with van der Waals surface area (Å²) in [5, 5.41) is 11.1. The molecule has 6 nitrogen and oxygen atoms in total. The first-order valence-electron chi connectivity index (χ1n) is 6.68. The molecule has 2 aromatic rings. The highest BCUT2D eigenvalue weighted by Crippen LogP contribution is 2.30. The molecule has 0 aliphatic carbocycles. The lowest BCUT2D eigenvalue weighted by Gasteiger charge is -2.12. The first kappa shape index (κ1) is 17.3. The fraction of sp³-hybridized carbons (Fsp3) is 0.133. The molecular formula is C15H12F3N3O3. The predicted molar refractivity (Wildman–Crippen MR) is 80.4 cm³/mol. The molecule has 0 aliphatic heterocycles. The van der Waals surface area contributed by atoms with Gasteiger partial charge in [-0.15, -0.1) is 0 Å². The quantitative estimate of drug-likeness (QED) is 0.657. The summed E-state index contributed by atoms with van der Waals surface area (Å²) in [4.78, 5) is 22.4. The second kappa shape index (κ2) is 6.57. The third kappa shape index (κ3) is 3.80. The topological polar surface area (TPSA) is 84.3 Å². The Morgan fingerprint density at radius 2 is 1.83 bits per heavy atom. The summed E-state index contributed by atoms with van der Waals surface area (Å²) in [6, 6.07) is 8.40. The van der Waals surface area contributed by atoms with E-state index < -0.39 is 22.6 Å². The number of hydrazine groups is 1. The second-order valence-corrected chi connectivity index (χ2v) is 4.89. The minimum absolute atomic E-state index is 0.00604. The molecule has 0 unspecified atom stereocenters. The Morgan fingerprint density at radius 1 is 1.17 bits per heavy atom. The number of alkyl halides is 3. The van der Waals surface area contributed by atoms with E-state index in [4.69, 9.17) is 0 Å². The average molecular weight is 339 g/mol. The summed E-state index contributed by atoms with van der Waals surface area (Å²) in [5.74, 6) is -0.831. The van der Waals surface area contributed by atoms with Crippen molar-refractivity contribution < 1.29 is 22.9 Å². The van der Waals surface area contributed by atoms with Crippen molar-refractivity contribution in [2.45, 2.75) is 13.1 Å². The molecule has 9 heteroatoms. The molecule has 0 radical (unpaired) electrons. The van der Waals surface area contributed by atoms with Crippen molar-refractivity contribution in [3.05, 3.63) is 69.3 Å². The number of halogens is 3. The maximum atomic E-state index is 12.6. The number of carbonyl (C=O) groups is 1. The summed E-state index contributed by atoms with van der Waals surface area (Å²) in [7, 11) is 0. The largest absolute Gasteiger partial charge is 0.416 e. The summed E-state index contributed by atoms with van der Waals surface area (Å²) >= 11 is 0. The van der Waals surface area contributed by atoms with Crippen LogP contribution < -0.4 is 10.9 Å². The Bertz CT molecular complexity index is 791. The number of hydrogen-bond donors (Lipinski definition) is 2. The zero-order valence-electron chi connectivity index (χ0n) is 12.3. The Morgan fingerprint density at radius 3 is 2.46 bits per heavy atom. The predicted octanol–water partition coefficient (Wildman–Crippen LogP) is 3.68.